The number of carbonyl (C=O) groups excluding carboxylic acids is 1. The van der Waals surface area contributed by atoms with E-state index >= 15 is 0 Å². The van der Waals surface area contributed by atoms with Gasteiger partial charge >= 0.3 is 0 Å². The molecule has 0 fully saturated rings. The van der Waals surface area contributed by atoms with Crippen LogP contribution in [-0.2, 0) is 20.1 Å². The third kappa shape index (κ3) is 3.93. The molecule has 0 radical (unpaired) electrons. The summed E-state index contributed by atoms with van der Waals surface area (Å²) in [7, 11) is 3.74. The topological polar surface area (TPSA) is 68.8 Å². The smallest absolute Gasteiger partial charge is 0.254 e. The number of hydrogen-bond donors (Lipinski definition) is 0. The highest BCUT2D eigenvalue weighted by Gasteiger charge is 2.20. The molecule has 0 unspecified atom stereocenters. The van der Waals surface area contributed by atoms with Crippen molar-refractivity contribution in [3.05, 3.63) is 64.3 Å². The van der Waals surface area contributed by atoms with Crippen molar-refractivity contribution in [2.75, 3.05) is 7.05 Å². The molecule has 0 spiro atoms. The number of fused-ring (bicyclic) bond motifs is 1. The molecule has 31 heavy (non-hydrogen) atoms. The van der Waals surface area contributed by atoms with E-state index in [1.54, 1.807) is 24.1 Å². The minimum Gasteiger partial charge on any atom is -0.338 e. The molecule has 0 atom stereocenters. The third-order valence-electron chi connectivity index (χ3n) is 5.63. The van der Waals surface area contributed by atoms with Crippen molar-refractivity contribution in [3.8, 4) is 11.4 Å². The van der Waals surface area contributed by atoms with Gasteiger partial charge in [-0.1, -0.05) is 17.7 Å². The van der Waals surface area contributed by atoms with E-state index in [4.69, 9.17) is 16.6 Å². The predicted molar refractivity (Wildman–Crippen MR) is 122 cm³/mol. The molecule has 4 aromatic rings. The maximum absolute atomic E-state index is 13.5. The first-order valence-corrected chi connectivity index (χ1v) is 10.5. The molecule has 0 N–H and O–H groups in total. The normalized spacial score (nSPS) is 11.3. The number of pyridine rings is 1. The molecular weight excluding hydrogens is 412 g/mol. The van der Waals surface area contributed by atoms with Gasteiger partial charge in [0.25, 0.3) is 5.91 Å². The maximum atomic E-state index is 13.5. The van der Waals surface area contributed by atoms with Crippen molar-refractivity contribution in [3.63, 3.8) is 0 Å². The van der Waals surface area contributed by atoms with Crippen LogP contribution in [0, 0.1) is 13.8 Å². The predicted octanol–water partition coefficient (Wildman–Crippen LogP) is 4.39. The monoisotopic (exact) mass is 436 g/mol. The van der Waals surface area contributed by atoms with Crippen LogP contribution in [0.5, 0.6) is 0 Å². The molecule has 160 valence electrons. The van der Waals surface area contributed by atoms with Crippen LogP contribution < -0.4 is 0 Å². The lowest BCUT2D eigenvalue weighted by Gasteiger charge is -2.19. The van der Waals surface area contributed by atoms with Crippen LogP contribution >= 0.6 is 11.6 Å². The van der Waals surface area contributed by atoms with E-state index in [1.807, 2.05) is 61.6 Å². The summed E-state index contributed by atoms with van der Waals surface area (Å²) in [5.41, 5.74) is 4.70. The molecule has 0 bridgehead atoms. The van der Waals surface area contributed by atoms with E-state index in [0.29, 0.717) is 28.3 Å². The molecule has 0 saturated carbocycles. The van der Waals surface area contributed by atoms with Gasteiger partial charge in [-0.2, -0.15) is 5.10 Å². The van der Waals surface area contributed by atoms with Crippen LogP contribution in [0.1, 0.15) is 34.4 Å². The molecule has 0 aliphatic heterocycles. The molecular formula is C23H25ClN6O. The van der Waals surface area contributed by atoms with Gasteiger partial charge in [-0.25, -0.2) is 9.97 Å². The average Bonchev–Trinajstić information content (AvgIpc) is 3.27. The van der Waals surface area contributed by atoms with E-state index in [1.165, 1.54) is 0 Å². The summed E-state index contributed by atoms with van der Waals surface area (Å²) in [6.45, 7) is 7.27. The summed E-state index contributed by atoms with van der Waals surface area (Å²) >= 11 is 6.22. The van der Waals surface area contributed by atoms with Gasteiger partial charge in [-0.15, -0.1) is 0 Å². The third-order valence-corrected chi connectivity index (χ3v) is 5.87. The fraction of sp³-hybridized carbons (Fsp3) is 0.304. The largest absolute Gasteiger partial charge is 0.338 e. The van der Waals surface area contributed by atoms with Crippen molar-refractivity contribution in [2.24, 2.45) is 7.05 Å². The van der Waals surface area contributed by atoms with E-state index in [-0.39, 0.29) is 5.91 Å². The lowest BCUT2D eigenvalue weighted by molar-refractivity contribution is 0.0787. The minimum absolute atomic E-state index is 0.0905. The number of hydrogen-bond acceptors (Lipinski definition) is 4. The number of carbonyl (C=O) groups is 1. The molecule has 7 nitrogen and oxygen atoms in total. The van der Waals surface area contributed by atoms with Crippen LogP contribution in [0.4, 0.5) is 0 Å². The second kappa shape index (κ2) is 8.15. The fourth-order valence-electron chi connectivity index (χ4n) is 3.68. The second-order valence-corrected chi connectivity index (χ2v) is 8.17. The first kappa shape index (κ1) is 21.1. The first-order chi connectivity index (χ1) is 14.8. The van der Waals surface area contributed by atoms with Crippen molar-refractivity contribution < 1.29 is 4.79 Å². The molecule has 0 aliphatic rings. The summed E-state index contributed by atoms with van der Waals surface area (Å²) < 4.78 is 3.86. The zero-order chi connectivity index (χ0) is 22.3. The van der Waals surface area contributed by atoms with Crippen molar-refractivity contribution in [1.82, 2.24) is 29.2 Å². The van der Waals surface area contributed by atoms with Gasteiger partial charge in [0.05, 0.1) is 23.0 Å². The molecule has 3 heterocycles. The maximum Gasteiger partial charge on any atom is 0.254 e. The zero-order valence-corrected chi connectivity index (χ0v) is 19.1. The Balaban J connectivity index is 1.77. The molecule has 4 rings (SSSR count). The molecule has 1 aromatic carbocycles. The quantitative estimate of drug-likeness (QED) is 0.465. The number of imidazole rings is 1. The fourth-order valence-corrected chi connectivity index (χ4v) is 3.85. The van der Waals surface area contributed by atoms with Crippen LogP contribution in [0.2, 0.25) is 5.02 Å². The number of nitrogens with zero attached hydrogens (tertiary/aromatic N) is 6. The molecule has 0 aliphatic carbocycles. The van der Waals surface area contributed by atoms with E-state index < -0.39 is 0 Å². The Bertz CT molecular complexity index is 1270. The van der Waals surface area contributed by atoms with Crippen LogP contribution in [-0.4, -0.2) is 42.2 Å². The van der Waals surface area contributed by atoms with E-state index in [0.717, 1.165) is 34.7 Å². The lowest BCUT2D eigenvalue weighted by Crippen LogP contribution is -2.26. The van der Waals surface area contributed by atoms with Crippen molar-refractivity contribution in [1.29, 1.82) is 0 Å². The molecule has 1 amide bonds. The molecule has 0 saturated heterocycles. The Morgan fingerprint density at radius 3 is 2.58 bits per heavy atom. The van der Waals surface area contributed by atoms with Crippen LogP contribution in [0.15, 0.2) is 36.7 Å². The van der Waals surface area contributed by atoms with Gasteiger partial charge in [0.15, 0.2) is 0 Å². The van der Waals surface area contributed by atoms with E-state index in [9.17, 15) is 4.79 Å². The standard InChI is InChI=1S/C23H25ClN6O/c1-6-30-14(2)16(11-25-30)12-29(5)23(31)19-10-21(22-13-28(4)15(3)26-22)27-20-9-17(24)7-8-18(19)20/h7-11,13H,6,12H2,1-5H3. The van der Waals surface area contributed by atoms with Crippen LogP contribution in [0.3, 0.4) is 0 Å². The van der Waals surface area contributed by atoms with Gasteiger partial charge in [0.2, 0.25) is 0 Å². The highest BCUT2D eigenvalue weighted by atomic mass is 35.5. The first-order valence-electron chi connectivity index (χ1n) is 10.2. The highest BCUT2D eigenvalue weighted by molar-refractivity contribution is 6.31. The number of amides is 1. The number of halogens is 1. The molecule has 3 aromatic heterocycles. The van der Waals surface area contributed by atoms with Gasteiger partial charge in [-0.3, -0.25) is 9.48 Å². The number of benzene rings is 1. The lowest BCUT2D eigenvalue weighted by atomic mass is 10.1. The van der Waals surface area contributed by atoms with E-state index in [2.05, 4.69) is 10.1 Å². The molecule has 8 heteroatoms. The second-order valence-electron chi connectivity index (χ2n) is 7.73. The van der Waals surface area contributed by atoms with Gasteiger partial charge in [0, 0.05) is 55.0 Å². The SMILES string of the molecule is CCn1ncc(CN(C)C(=O)c2cc(-c3cn(C)c(C)n3)nc3cc(Cl)ccc23)c1C. The zero-order valence-electron chi connectivity index (χ0n) is 18.3. The van der Waals surface area contributed by atoms with Crippen molar-refractivity contribution >= 4 is 28.4 Å². The van der Waals surface area contributed by atoms with Gasteiger partial charge in [-0.05, 0) is 39.0 Å². The van der Waals surface area contributed by atoms with Crippen molar-refractivity contribution in [2.45, 2.75) is 33.9 Å². The Morgan fingerprint density at radius 1 is 1.16 bits per heavy atom. The van der Waals surface area contributed by atoms with Crippen LogP contribution in [0.25, 0.3) is 22.3 Å². The summed E-state index contributed by atoms with van der Waals surface area (Å²) in [6, 6.07) is 7.23. The Labute approximate surface area is 186 Å². The Morgan fingerprint density at radius 2 is 1.94 bits per heavy atom. The Hall–Kier alpha value is -3.19. The summed E-state index contributed by atoms with van der Waals surface area (Å²) in [5.74, 6) is 0.781. The Kier molecular flexibility index (Phi) is 5.54. The average molecular weight is 437 g/mol. The van der Waals surface area contributed by atoms with Gasteiger partial charge < -0.3 is 9.47 Å². The summed E-state index contributed by atoms with van der Waals surface area (Å²) in [5, 5.41) is 5.72. The number of aromatic nitrogens is 5. The summed E-state index contributed by atoms with van der Waals surface area (Å²) in [6.07, 6.45) is 3.74. The highest BCUT2D eigenvalue weighted by Crippen LogP contribution is 2.28. The van der Waals surface area contributed by atoms with Gasteiger partial charge in [0.1, 0.15) is 11.5 Å². The number of aryl methyl sites for hydroxylation is 3. The summed E-state index contributed by atoms with van der Waals surface area (Å²) in [4.78, 5) is 24.5. The minimum atomic E-state index is -0.0905. The number of rotatable bonds is 5.